The maximum atomic E-state index is 12.8. The van der Waals surface area contributed by atoms with E-state index in [1.165, 1.54) is 0 Å². The highest BCUT2D eigenvalue weighted by Gasteiger charge is 2.29. The molecule has 1 atom stereocenters. The molecule has 126 valence electrons. The highest BCUT2D eigenvalue weighted by atomic mass is 16.5. The van der Waals surface area contributed by atoms with Crippen molar-refractivity contribution in [3.8, 4) is 0 Å². The zero-order valence-corrected chi connectivity index (χ0v) is 14.3. The molecule has 2 aromatic rings. The summed E-state index contributed by atoms with van der Waals surface area (Å²) in [7, 11) is 0. The van der Waals surface area contributed by atoms with E-state index in [0.29, 0.717) is 18.6 Å². The van der Waals surface area contributed by atoms with Crippen LogP contribution in [-0.2, 0) is 16.0 Å². The van der Waals surface area contributed by atoms with Crippen LogP contribution in [-0.4, -0.2) is 18.4 Å². The lowest BCUT2D eigenvalue weighted by atomic mass is 9.91. The number of carbonyl (C=O) groups is 2. The van der Waals surface area contributed by atoms with E-state index >= 15 is 0 Å². The van der Waals surface area contributed by atoms with E-state index in [1.807, 2.05) is 44.2 Å². The van der Waals surface area contributed by atoms with Crippen LogP contribution in [0.5, 0.6) is 0 Å². The summed E-state index contributed by atoms with van der Waals surface area (Å²) in [6.45, 7) is 4.41. The van der Waals surface area contributed by atoms with Gasteiger partial charge in [-0.1, -0.05) is 73.5 Å². The number of Topliss-reactive ketones (excluding diaryl/α,β-unsaturated/α-hetero) is 1. The van der Waals surface area contributed by atoms with Gasteiger partial charge in [0, 0.05) is 5.56 Å². The minimum atomic E-state index is -0.799. The van der Waals surface area contributed by atoms with E-state index < -0.39 is 11.9 Å². The predicted molar refractivity (Wildman–Crippen MR) is 95.0 cm³/mol. The third kappa shape index (κ3) is 5.05. The van der Waals surface area contributed by atoms with E-state index in [-0.39, 0.29) is 5.78 Å². The van der Waals surface area contributed by atoms with Gasteiger partial charge in [0.15, 0.2) is 5.78 Å². The number of unbranched alkanes of at least 4 members (excludes halogenated alkanes) is 1. The van der Waals surface area contributed by atoms with Crippen LogP contribution < -0.4 is 0 Å². The smallest absolute Gasteiger partial charge is 0.317 e. The van der Waals surface area contributed by atoms with Crippen molar-refractivity contribution in [2.24, 2.45) is 5.92 Å². The first-order chi connectivity index (χ1) is 11.6. The quantitative estimate of drug-likeness (QED) is 0.313. The van der Waals surface area contributed by atoms with Gasteiger partial charge in [0.05, 0.1) is 6.61 Å². The molecule has 0 saturated carbocycles. The molecule has 2 rings (SSSR count). The van der Waals surface area contributed by atoms with E-state index in [2.05, 4.69) is 0 Å². The third-order valence-electron chi connectivity index (χ3n) is 3.96. The minimum Gasteiger partial charge on any atom is -0.465 e. The molecule has 0 bridgehead atoms. The Bertz CT molecular complexity index is 659. The van der Waals surface area contributed by atoms with Gasteiger partial charge in [-0.2, -0.15) is 0 Å². The van der Waals surface area contributed by atoms with Crippen LogP contribution in [0.25, 0.3) is 0 Å². The number of benzene rings is 2. The maximum absolute atomic E-state index is 12.8. The maximum Gasteiger partial charge on any atom is 0.317 e. The standard InChI is InChI=1S/C21H24O3/c1-3-4-14-24-21(23)19(15-17-12-10-16(2)11-13-17)20(22)18-8-6-5-7-9-18/h5-13,19H,3-4,14-15H2,1-2H3. The fourth-order valence-corrected chi connectivity index (χ4v) is 2.46. The van der Waals surface area contributed by atoms with Gasteiger partial charge < -0.3 is 4.74 Å². The summed E-state index contributed by atoms with van der Waals surface area (Å²) < 4.78 is 5.32. The number of hydrogen-bond acceptors (Lipinski definition) is 3. The van der Waals surface area contributed by atoms with Crippen LogP contribution in [0.15, 0.2) is 54.6 Å². The molecule has 0 fully saturated rings. The first-order valence-corrected chi connectivity index (χ1v) is 8.43. The molecular weight excluding hydrogens is 300 g/mol. The fourth-order valence-electron chi connectivity index (χ4n) is 2.46. The Hall–Kier alpha value is -2.42. The molecule has 0 amide bonds. The van der Waals surface area contributed by atoms with Crippen LogP contribution in [0.3, 0.4) is 0 Å². The summed E-state index contributed by atoms with van der Waals surface area (Å²) in [5.74, 6) is -1.41. The molecule has 0 aliphatic rings. The first-order valence-electron chi connectivity index (χ1n) is 8.43. The van der Waals surface area contributed by atoms with Crippen molar-refractivity contribution in [1.82, 2.24) is 0 Å². The highest BCUT2D eigenvalue weighted by Crippen LogP contribution is 2.17. The number of rotatable bonds is 8. The normalized spacial score (nSPS) is 11.8. The minimum absolute atomic E-state index is 0.183. The second-order valence-electron chi connectivity index (χ2n) is 5.99. The second kappa shape index (κ2) is 9.02. The molecule has 1 unspecified atom stereocenters. The van der Waals surface area contributed by atoms with Crippen molar-refractivity contribution >= 4 is 11.8 Å². The number of aryl methyl sites for hydroxylation is 1. The number of ketones is 1. The highest BCUT2D eigenvalue weighted by molar-refractivity contribution is 6.08. The number of hydrogen-bond donors (Lipinski definition) is 0. The van der Waals surface area contributed by atoms with Crippen molar-refractivity contribution in [2.45, 2.75) is 33.1 Å². The van der Waals surface area contributed by atoms with Crippen LogP contribution in [0, 0.1) is 12.8 Å². The summed E-state index contributed by atoms with van der Waals surface area (Å²) in [5, 5.41) is 0. The molecule has 0 saturated heterocycles. The summed E-state index contributed by atoms with van der Waals surface area (Å²) in [4.78, 5) is 25.3. The SMILES string of the molecule is CCCCOC(=O)C(Cc1ccc(C)cc1)C(=O)c1ccccc1. The third-order valence-corrected chi connectivity index (χ3v) is 3.96. The van der Waals surface area contributed by atoms with Crippen molar-refractivity contribution in [3.05, 3.63) is 71.3 Å². The van der Waals surface area contributed by atoms with Gasteiger partial charge in [0.2, 0.25) is 0 Å². The topological polar surface area (TPSA) is 43.4 Å². The van der Waals surface area contributed by atoms with Gasteiger partial charge in [-0.3, -0.25) is 9.59 Å². The first kappa shape index (κ1) is 17.9. The average Bonchev–Trinajstić information content (AvgIpc) is 2.61. The Morgan fingerprint density at radius 2 is 1.67 bits per heavy atom. The van der Waals surface area contributed by atoms with Crippen LogP contribution in [0.4, 0.5) is 0 Å². The summed E-state index contributed by atoms with van der Waals surface area (Å²) in [6, 6.07) is 16.8. The Balaban J connectivity index is 2.18. The average molecular weight is 324 g/mol. The van der Waals surface area contributed by atoms with Crippen LogP contribution in [0.2, 0.25) is 0 Å². The zero-order valence-electron chi connectivity index (χ0n) is 14.3. The van der Waals surface area contributed by atoms with Gasteiger partial charge in [0.1, 0.15) is 5.92 Å². The fraction of sp³-hybridized carbons (Fsp3) is 0.333. The van der Waals surface area contributed by atoms with E-state index in [9.17, 15) is 9.59 Å². The lowest BCUT2D eigenvalue weighted by molar-refractivity contribution is -0.146. The summed E-state index contributed by atoms with van der Waals surface area (Å²) in [6.07, 6.45) is 2.12. The molecule has 0 spiro atoms. The number of ether oxygens (including phenoxy) is 1. The van der Waals surface area contributed by atoms with Crippen molar-refractivity contribution in [2.75, 3.05) is 6.61 Å². The van der Waals surface area contributed by atoms with Crippen molar-refractivity contribution < 1.29 is 14.3 Å². The second-order valence-corrected chi connectivity index (χ2v) is 5.99. The molecule has 0 aliphatic carbocycles. The molecule has 0 heterocycles. The Kier molecular flexibility index (Phi) is 6.74. The molecule has 3 nitrogen and oxygen atoms in total. The summed E-state index contributed by atoms with van der Waals surface area (Å²) >= 11 is 0. The molecule has 0 N–H and O–H groups in total. The Morgan fingerprint density at radius 3 is 2.29 bits per heavy atom. The molecule has 0 aliphatic heterocycles. The van der Waals surface area contributed by atoms with Gasteiger partial charge >= 0.3 is 5.97 Å². The largest absolute Gasteiger partial charge is 0.465 e. The monoisotopic (exact) mass is 324 g/mol. The van der Waals surface area contributed by atoms with Gasteiger partial charge in [0.25, 0.3) is 0 Å². The molecule has 24 heavy (non-hydrogen) atoms. The van der Waals surface area contributed by atoms with E-state index in [1.54, 1.807) is 24.3 Å². The lowest BCUT2D eigenvalue weighted by Crippen LogP contribution is -2.28. The van der Waals surface area contributed by atoms with Crippen molar-refractivity contribution in [1.29, 1.82) is 0 Å². The summed E-state index contributed by atoms with van der Waals surface area (Å²) in [5.41, 5.74) is 2.65. The molecule has 2 aromatic carbocycles. The Morgan fingerprint density at radius 1 is 1.00 bits per heavy atom. The zero-order chi connectivity index (χ0) is 17.4. The lowest BCUT2D eigenvalue weighted by Gasteiger charge is -2.15. The Labute approximate surface area is 143 Å². The van der Waals surface area contributed by atoms with Gasteiger partial charge in [-0.15, -0.1) is 0 Å². The van der Waals surface area contributed by atoms with E-state index in [4.69, 9.17) is 4.74 Å². The molecule has 3 heteroatoms. The molecule has 0 aromatic heterocycles. The van der Waals surface area contributed by atoms with Gasteiger partial charge in [-0.05, 0) is 25.3 Å². The molecule has 0 radical (unpaired) electrons. The molecular formula is C21H24O3. The number of carbonyl (C=O) groups excluding carboxylic acids is 2. The van der Waals surface area contributed by atoms with Crippen LogP contribution >= 0.6 is 0 Å². The van der Waals surface area contributed by atoms with Crippen LogP contribution in [0.1, 0.15) is 41.3 Å². The predicted octanol–water partition coefficient (Wildman–Crippen LogP) is 4.38. The van der Waals surface area contributed by atoms with Gasteiger partial charge in [-0.25, -0.2) is 0 Å². The van der Waals surface area contributed by atoms with Crippen molar-refractivity contribution in [3.63, 3.8) is 0 Å². The van der Waals surface area contributed by atoms with E-state index in [0.717, 1.165) is 24.0 Å². The number of esters is 1.